The van der Waals surface area contributed by atoms with Crippen LogP contribution in [-0.4, -0.2) is 48.5 Å². The second kappa shape index (κ2) is 4.04. The fourth-order valence-electron chi connectivity index (χ4n) is 1.43. The summed E-state index contributed by atoms with van der Waals surface area (Å²) in [5.41, 5.74) is 0. The van der Waals surface area contributed by atoms with E-state index >= 15 is 0 Å². The van der Waals surface area contributed by atoms with Gasteiger partial charge in [0.05, 0.1) is 18.8 Å². The number of hydrogen-bond donors (Lipinski definition) is 1. The summed E-state index contributed by atoms with van der Waals surface area (Å²) >= 11 is 0. The van der Waals surface area contributed by atoms with E-state index in [0.29, 0.717) is 6.10 Å². The Bertz CT molecular complexity index is 115. The summed E-state index contributed by atoms with van der Waals surface area (Å²) in [5, 5.41) is 9.11. The van der Waals surface area contributed by atoms with Crippen LogP contribution in [0.2, 0.25) is 0 Å². The van der Waals surface area contributed by atoms with E-state index in [1.807, 2.05) is 6.92 Å². The first-order valence-electron chi connectivity index (χ1n) is 4.20. The zero-order valence-electron chi connectivity index (χ0n) is 7.29. The summed E-state index contributed by atoms with van der Waals surface area (Å²) in [4.78, 5) is 2.23. The van der Waals surface area contributed by atoms with Crippen LogP contribution in [0.25, 0.3) is 0 Å². The lowest BCUT2D eigenvalue weighted by Crippen LogP contribution is -2.43. The molecule has 0 aromatic heterocycles. The number of aliphatic hydroxyl groups is 1. The van der Waals surface area contributed by atoms with E-state index < -0.39 is 0 Å². The number of hydrogen-bond acceptors (Lipinski definition) is 3. The first-order chi connectivity index (χ1) is 5.18. The SMILES string of the molecule is C[C@@H]1CN(C[C@@H](C)O)CCO1. The van der Waals surface area contributed by atoms with Gasteiger partial charge in [-0.2, -0.15) is 0 Å². The molecule has 3 nitrogen and oxygen atoms in total. The molecule has 0 radical (unpaired) electrons. The highest BCUT2D eigenvalue weighted by Crippen LogP contribution is 2.04. The number of aliphatic hydroxyl groups excluding tert-OH is 1. The van der Waals surface area contributed by atoms with Crippen molar-refractivity contribution < 1.29 is 9.84 Å². The molecule has 0 unspecified atom stereocenters. The lowest BCUT2D eigenvalue weighted by molar-refractivity contribution is -0.0296. The first-order valence-corrected chi connectivity index (χ1v) is 4.20. The highest BCUT2D eigenvalue weighted by atomic mass is 16.5. The van der Waals surface area contributed by atoms with E-state index in [1.165, 1.54) is 0 Å². The van der Waals surface area contributed by atoms with Crippen molar-refractivity contribution in [3.8, 4) is 0 Å². The Morgan fingerprint density at radius 2 is 2.45 bits per heavy atom. The van der Waals surface area contributed by atoms with E-state index in [1.54, 1.807) is 0 Å². The van der Waals surface area contributed by atoms with E-state index in [4.69, 9.17) is 9.84 Å². The van der Waals surface area contributed by atoms with E-state index in [9.17, 15) is 0 Å². The summed E-state index contributed by atoms with van der Waals surface area (Å²) < 4.78 is 5.37. The molecular weight excluding hydrogens is 142 g/mol. The maximum Gasteiger partial charge on any atom is 0.0674 e. The van der Waals surface area contributed by atoms with Gasteiger partial charge in [-0.25, -0.2) is 0 Å². The van der Waals surface area contributed by atoms with Crippen molar-refractivity contribution in [2.45, 2.75) is 26.1 Å². The molecule has 0 bridgehead atoms. The lowest BCUT2D eigenvalue weighted by Gasteiger charge is -2.31. The minimum Gasteiger partial charge on any atom is -0.392 e. The molecule has 0 aliphatic carbocycles. The van der Waals surface area contributed by atoms with Gasteiger partial charge in [-0.15, -0.1) is 0 Å². The summed E-state index contributed by atoms with van der Waals surface area (Å²) in [7, 11) is 0. The molecule has 1 fully saturated rings. The van der Waals surface area contributed by atoms with Gasteiger partial charge in [0.2, 0.25) is 0 Å². The fourth-order valence-corrected chi connectivity index (χ4v) is 1.43. The molecule has 1 heterocycles. The van der Waals surface area contributed by atoms with Crippen molar-refractivity contribution >= 4 is 0 Å². The smallest absolute Gasteiger partial charge is 0.0674 e. The van der Waals surface area contributed by atoms with Crippen molar-refractivity contribution in [3.63, 3.8) is 0 Å². The van der Waals surface area contributed by atoms with Crippen molar-refractivity contribution in [1.82, 2.24) is 4.90 Å². The molecule has 1 N–H and O–H groups in total. The highest BCUT2D eigenvalue weighted by Gasteiger charge is 2.17. The van der Waals surface area contributed by atoms with Gasteiger partial charge in [0, 0.05) is 19.6 Å². The third-order valence-corrected chi connectivity index (χ3v) is 1.85. The van der Waals surface area contributed by atoms with Crippen molar-refractivity contribution in [3.05, 3.63) is 0 Å². The predicted octanol–water partition coefficient (Wildman–Crippen LogP) is 0.0879. The molecule has 1 aliphatic rings. The van der Waals surface area contributed by atoms with E-state index in [2.05, 4.69) is 11.8 Å². The Labute approximate surface area is 68.0 Å². The zero-order valence-corrected chi connectivity index (χ0v) is 7.29. The van der Waals surface area contributed by atoms with Crippen LogP contribution in [0.4, 0.5) is 0 Å². The Hall–Kier alpha value is -0.120. The second-order valence-corrected chi connectivity index (χ2v) is 3.29. The van der Waals surface area contributed by atoms with Crippen molar-refractivity contribution in [2.75, 3.05) is 26.2 Å². The minimum atomic E-state index is -0.222. The van der Waals surface area contributed by atoms with Crippen LogP contribution in [0.1, 0.15) is 13.8 Å². The Balaban J connectivity index is 2.23. The van der Waals surface area contributed by atoms with Gasteiger partial charge in [-0.1, -0.05) is 0 Å². The molecule has 0 spiro atoms. The molecule has 3 heteroatoms. The van der Waals surface area contributed by atoms with Gasteiger partial charge in [-0.3, -0.25) is 4.90 Å². The Kier molecular flexibility index (Phi) is 3.30. The fraction of sp³-hybridized carbons (Fsp3) is 1.00. The Morgan fingerprint density at radius 3 is 3.00 bits per heavy atom. The van der Waals surface area contributed by atoms with Gasteiger partial charge >= 0.3 is 0 Å². The topological polar surface area (TPSA) is 32.7 Å². The summed E-state index contributed by atoms with van der Waals surface area (Å²) in [6.45, 7) is 7.36. The summed E-state index contributed by atoms with van der Waals surface area (Å²) in [6.07, 6.45) is 0.0998. The summed E-state index contributed by atoms with van der Waals surface area (Å²) in [5.74, 6) is 0. The summed E-state index contributed by atoms with van der Waals surface area (Å²) in [6, 6.07) is 0. The maximum atomic E-state index is 9.11. The van der Waals surface area contributed by atoms with Crippen LogP contribution >= 0.6 is 0 Å². The lowest BCUT2D eigenvalue weighted by atomic mass is 10.2. The van der Waals surface area contributed by atoms with Crippen LogP contribution in [0.15, 0.2) is 0 Å². The molecule has 66 valence electrons. The average Bonchev–Trinajstić information content (AvgIpc) is 1.85. The molecule has 0 amide bonds. The van der Waals surface area contributed by atoms with Crippen LogP contribution in [0, 0.1) is 0 Å². The van der Waals surface area contributed by atoms with E-state index in [-0.39, 0.29) is 6.10 Å². The third kappa shape index (κ3) is 3.18. The number of nitrogens with zero attached hydrogens (tertiary/aromatic N) is 1. The molecular formula is C8H17NO2. The first kappa shape index (κ1) is 8.97. The number of rotatable bonds is 2. The predicted molar refractivity (Wildman–Crippen MR) is 43.5 cm³/mol. The highest BCUT2D eigenvalue weighted by molar-refractivity contribution is 4.69. The van der Waals surface area contributed by atoms with Crippen LogP contribution in [-0.2, 0) is 4.74 Å². The normalized spacial score (nSPS) is 30.3. The number of β-amino-alcohol motifs (C(OH)–C–C–N with tert-alkyl or cyclic N) is 1. The molecule has 1 aliphatic heterocycles. The van der Waals surface area contributed by atoms with Crippen molar-refractivity contribution in [1.29, 1.82) is 0 Å². The number of morpholine rings is 1. The van der Waals surface area contributed by atoms with Crippen LogP contribution in [0.5, 0.6) is 0 Å². The van der Waals surface area contributed by atoms with Gasteiger partial charge in [-0.05, 0) is 13.8 Å². The molecule has 0 saturated carbocycles. The quantitative estimate of drug-likeness (QED) is 0.619. The average molecular weight is 159 g/mol. The molecule has 2 atom stereocenters. The largest absolute Gasteiger partial charge is 0.392 e. The standard InChI is InChI=1S/C8H17NO2/c1-7(10)5-9-3-4-11-8(2)6-9/h7-8,10H,3-6H2,1-2H3/t7-,8-/m1/s1. The zero-order chi connectivity index (χ0) is 8.27. The van der Waals surface area contributed by atoms with Crippen LogP contribution in [0.3, 0.4) is 0 Å². The second-order valence-electron chi connectivity index (χ2n) is 3.29. The van der Waals surface area contributed by atoms with Gasteiger partial charge in [0.25, 0.3) is 0 Å². The Morgan fingerprint density at radius 1 is 1.73 bits per heavy atom. The molecule has 11 heavy (non-hydrogen) atoms. The third-order valence-electron chi connectivity index (χ3n) is 1.85. The van der Waals surface area contributed by atoms with E-state index in [0.717, 1.165) is 26.2 Å². The molecule has 1 saturated heterocycles. The minimum absolute atomic E-state index is 0.222. The monoisotopic (exact) mass is 159 g/mol. The maximum absolute atomic E-state index is 9.11. The van der Waals surface area contributed by atoms with Crippen LogP contribution < -0.4 is 0 Å². The molecule has 0 aromatic rings. The van der Waals surface area contributed by atoms with Crippen molar-refractivity contribution in [2.24, 2.45) is 0 Å². The van der Waals surface area contributed by atoms with Gasteiger partial charge in [0.15, 0.2) is 0 Å². The molecule has 0 aromatic carbocycles. The number of ether oxygens (including phenoxy) is 1. The molecule has 1 rings (SSSR count). The van der Waals surface area contributed by atoms with Gasteiger partial charge in [0.1, 0.15) is 0 Å². The van der Waals surface area contributed by atoms with Gasteiger partial charge < -0.3 is 9.84 Å².